The number of amides is 1. The van der Waals surface area contributed by atoms with Gasteiger partial charge < -0.3 is 16.0 Å². The fraction of sp³-hybridized carbons (Fsp3) is 0.278. The molecule has 1 aromatic heterocycles. The van der Waals surface area contributed by atoms with E-state index in [1.807, 2.05) is 6.92 Å². The second-order valence-electron chi connectivity index (χ2n) is 5.36. The molecule has 138 valence electrons. The van der Waals surface area contributed by atoms with Crippen LogP contribution in [0, 0.1) is 11.6 Å². The van der Waals surface area contributed by atoms with Gasteiger partial charge in [-0.2, -0.15) is 0 Å². The lowest BCUT2D eigenvalue weighted by Crippen LogP contribution is -2.41. The van der Waals surface area contributed by atoms with Crippen LogP contribution in [0.2, 0.25) is 0 Å². The molecule has 6 nitrogen and oxygen atoms in total. The Morgan fingerprint density at radius 2 is 1.96 bits per heavy atom. The SMILES string of the molecule is CCNC(=NCc1cc(F)ccc1F)NCCNC(=O)c1cccnc1. The molecule has 26 heavy (non-hydrogen) atoms. The molecule has 1 heterocycles. The zero-order chi connectivity index (χ0) is 18.8. The van der Waals surface area contributed by atoms with Crippen LogP contribution in [-0.2, 0) is 6.54 Å². The van der Waals surface area contributed by atoms with E-state index >= 15 is 0 Å². The van der Waals surface area contributed by atoms with Crippen LogP contribution in [0.15, 0.2) is 47.7 Å². The minimum absolute atomic E-state index is 0.000963. The summed E-state index contributed by atoms with van der Waals surface area (Å²) in [6, 6.07) is 6.63. The summed E-state index contributed by atoms with van der Waals surface area (Å²) in [5, 5.41) is 8.78. The van der Waals surface area contributed by atoms with E-state index < -0.39 is 11.6 Å². The first-order valence-corrected chi connectivity index (χ1v) is 8.24. The van der Waals surface area contributed by atoms with E-state index in [4.69, 9.17) is 0 Å². The van der Waals surface area contributed by atoms with Gasteiger partial charge in [-0.05, 0) is 37.3 Å². The number of aliphatic imine (C=N–C) groups is 1. The van der Waals surface area contributed by atoms with Crippen LogP contribution in [-0.4, -0.2) is 36.5 Å². The third-order valence-electron chi connectivity index (χ3n) is 3.39. The minimum Gasteiger partial charge on any atom is -0.357 e. The summed E-state index contributed by atoms with van der Waals surface area (Å²) < 4.78 is 26.8. The highest BCUT2D eigenvalue weighted by Crippen LogP contribution is 2.10. The standard InChI is InChI=1S/C18H21F2N5O/c1-2-22-18(25-12-14-10-15(19)5-6-16(14)20)24-9-8-23-17(26)13-4-3-7-21-11-13/h3-7,10-11H,2,8-9,12H2,1H3,(H,23,26)(H2,22,24,25). The number of rotatable bonds is 7. The summed E-state index contributed by atoms with van der Waals surface area (Å²) in [6.07, 6.45) is 3.08. The van der Waals surface area contributed by atoms with Gasteiger partial charge in [-0.15, -0.1) is 0 Å². The highest BCUT2D eigenvalue weighted by molar-refractivity contribution is 5.93. The molecule has 0 spiro atoms. The molecule has 0 aliphatic rings. The molecule has 1 aromatic carbocycles. The summed E-state index contributed by atoms with van der Waals surface area (Å²) in [6.45, 7) is 3.29. The minimum atomic E-state index is -0.507. The fourth-order valence-corrected chi connectivity index (χ4v) is 2.13. The Morgan fingerprint density at radius 1 is 1.15 bits per heavy atom. The summed E-state index contributed by atoms with van der Waals surface area (Å²) in [7, 11) is 0. The molecule has 3 N–H and O–H groups in total. The molecule has 0 saturated heterocycles. The highest BCUT2D eigenvalue weighted by Gasteiger charge is 2.06. The van der Waals surface area contributed by atoms with Crippen LogP contribution >= 0.6 is 0 Å². The Bertz CT molecular complexity index is 753. The lowest BCUT2D eigenvalue weighted by atomic mass is 10.2. The van der Waals surface area contributed by atoms with Gasteiger partial charge in [-0.3, -0.25) is 9.78 Å². The average Bonchev–Trinajstić information content (AvgIpc) is 2.66. The summed E-state index contributed by atoms with van der Waals surface area (Å²) in [5.41, 5.74) is 0.654. The van der Waals surface area contributed by atoms with E-state index in [0.717, 1.165) is 18.2 Å². The quantitative estimate of drug-likeness (QED) is 0.400. The van der Waals surface area contributed by atoms with Crippen molar-refractivity contribution in [2.45, 2.75) is 13.5 Å². The molecule has 1 amide bonds. The van der Waals surface area contributed by atoms with Crippen LogP contribution in [0.1, 0.15) is 22.8 Å². The number of carbonyl (C=O) groups excluding carboxylic acids is 1. The van der Waals surface area contributed by atoms with Gasteiger partial charge in [0, 0.05) is 37.6 Å². The highest BCUT2D eigenvalue weighted by atomic mass is 19.1. The molecule has 0 aliphatic heterocycles. The maximum atomic E-state index is 13.6. The molecule has 0 unspecified atom stereocenters. The first-order chi connectivity index (χ1) is 12.6. The van der Waals surface area contributed by atoms with Crippen LogP contribution in [0.25, 0.3) is 0 Å². The molecule has 0 aliphatic carbocycles. The lowest BCUT2D eigenvalue weighted by Gasteiger charge is -2.12. The third-order valence-corrected chi connectivity index (χ3v) is 3.39. The second kappa shape index (κ2) is 10.1. The van der Waals surface area contributed by atoms with Crippen molar-refractivity contribution in [3.05, 3.63) is 65.5 Å². The number of aromatic nitrogens is 1. The predicted molar refractivity (Wildman–Crippen MR) is 95.7 cm³/mol. The number of hydrogen-bond donors (Lipinski definition) is 3. The summed E-state index contributed by atoms with van der Waals surface area (Å²) >= 11 is 0. The van der Waals surface area contributed by atoms with E-state index in [-0.39, 0.29) is 18.0 Å². The van der Waals surface area contributed by atoms with Crippen molar-refractivity contribution in [3.63, 3.8) is 0 Å². The van der Waals surface area contributed by atoms with Crippen LogP contribution in [0.3, 0.4) is 0 Å². The Labute approximate surface area is 150 Å². The number of pyridine rings is 1. The first kappa shape index (κ1) is 19.3. The summed E-state index contributed by atoms with van der Waals surface area (Å²) in [5.74, 6) is -0.780. The van der Waals surface area contributed by atoms with Crippen molar-refractivity contribution in [2.75, 3.05) is 19.6 Å². The first-order valence-electron chi connectivity index (χ1n) is 8.24. The Hall–Kier alpha value is -3.03. The van der Waals surface area contributed by atoms with Crippen molar-refractivity contribution in [1.82, 2.24) is 20.9 Å². The number of guanidine groups is 1. The van der Waals surface area contributed by atoms with E-state index in [2.05, 4.69) is 25.9 Å². The molecule has 0 atom stereocenters. The van der Waals surface area contributed by atoms with E-state index in [1.54, 1.807) is 18.3 Å². The molecular formula is C18H21F2N5O. The number of nitrogens with one attached hydrogen (secondary N) is 3. The topological polar surface area (TPSA) is 78.4 Å². The van der Waals surface area contributed by atoms with Crippen LogP contribution in [0.4, 0.5) is 8.78 Å². The van der Waals surface area contributed by atoms with Crippen LogP contribution in [0.5, 0.6) is 0 Å². The number of hydrogen-bond acceptors (Lipinski definition) is 3. The van der Waals surface area contributed by atoms with Crippen molar-refractivity contribution in [1.29, 1.82) is 0 Å². The van der Waals surface area contributed by atoms with Gasteiger partial charge in [0.05, 0.1) is 12.1 Å². The number of carbonyl (C=O) groups is 1. The second-order valence-corrected chi connectivity index (χ2v) is 5.36. The van der Waals surface area contributed by atoms with Gasteiger partial charge >= 0.3 is 0 Å². The largest absolute Gasteiger partial charge is 0.357 e. The maximum absolute atomic E-state index is 13.6. The van der Waals surface area contributed by atoms with Gasteiger partial charge in [-0.1, -0.05) is 0 Å². The number of nitrogens with zero attached hydrogens (tertiary/aromatic N) is 2. The molecule has 0 fully saturated rings. The maximum Gasteiger partial charge on any atom is 0.252 e. The number of halogens is 2. The van der Waals surface area contributed by atoms with E-state index in [9.17, 15) is 13.6 Å². The van der Waals surface area contributed by atoms with Gasteiger partial charge in [0.2, 0.25) is 0 Å². The third kappa shape index (κ3) is 6.12. The molecule has 8 heteroatoms. The normalized spacial score (nSPS) is 11.1. The van der Waals surface area contributed by atoms with Gasteiger partial charge in [0.1, 0.15) is 11.6 Å². The zero-order valence-electron chi connectivity index (χ0n) is 14.4. The van der Waals surface area contributed by atoms with Gasteiger partial charge in [-0.25, -0.2) is 13.8 Å². The monoisotopic (exact) mass is 361 g/mol. The smallest absolute Gasteiger partial charge is 0.252 e. The predicted octanol–water partition coefficient (Wildman–Crippen LogP) is 1.84. The molecule has 0 saturated carbocycles. The zero-order valence-corrected chi connectivity index (χ0v) is 14.4. The lowest BCUT2D eigenvalue weighted by molar-refractivity contribution is 0.0954. The molecular weight excluding hydrogens is 340 g/mol. The van der Waals surface area contributed by atoms with E-state index in [0.29, 0.717) is 31.2 Å². The van der Waals surface area contributed by atoms with Crippen LogP contribution < -0.4 is 16.0 Å². The van der Waals surface area contributed by atoms with Crippen molar-refractivity contribution >= 4 is 11.9 Å². The molecule has 2 rings (SSSR count). The molecule has 0 radical (unpaired) electrons. The molecule has 0 bridgehead atoms. The van der Waals surface area contributed by atoms with Crippen molar-refractivity contribution in [2.24, 2.45) is 4.99 Å². The van der Waals surface area contributed by atoms with Crippen molar-refractivity contribution in [3.8, 4) is 0 Å². The van der Waals surface area contributed by atoms with Crippen molar-refractivity contribution < 1.29 is 13.6 Å². The Morgan fingerprint density at radius 3 is 2.69 bits per heavy atom. The fourth-order valence-electron chi connectivity index (χ4n) is 2.13. The number of benzene rings is 1. The molecule has 2 aromatic rings. The average molecular weight is 361 g/mol. The Kier molecular flexibility index (Phi) is 7.48. The van der Waals surface area contributed by atoms with E-state index in [1.165, 1.54) is 6.20 Å². The summed E-state index contributed by atoms with van der Waals surface area (Å²) in [4.78, 5) is 20.0. The van der Waals surface area contributed by atoms with Gasteiger partial charge in [0.15, 0.2) is 5.96 Å². The van der Waals surface area contributed by atoms with Gasteiger partial charge in [0.25, 0.3) is 5.91 Å². The Balaban J connectivity index is 1.83.